The molecule has 4 aliphatic carbocycles. The van der Waals surface area contributed by atoms with Crippen molar-refractivity contribution in [1.29, 1.82) is 0 Å². The molecule has 1 atom stereocenters. The Morgan fingerprint density at radius 3 is 2.43 bits per heavy atom. The highest BCUT2D eigenvalue weighted by atomic mass is 16.5. The standard InChI is InChI=1S/C34H47N7O4.CH4/c1-20-29(36-18-28(32(42)43)40-33(44)45-19-34-15-22-12-23(16-34)14-24(13-22)17-34)37-21(2)38-31(20)41-10-7-25(8-11-41)27-6-5-26-4-3-9-35-30(26)39-27;/h5-6,22-25,28H,3-4,7-19H2,1-2H3,(H,35,39)(H,40,44)(H,42,43)(H,36,37,38);1H4/t22?,23?,24?,28-,34?;/m0./s1. The third kappa shape index (κ3) is 6.74. The van der Waals surface area contributed by atoms with Gasteiger partial charge in [0.2, 0.25) is 0 Å². The Balaban J connectivity index is 0.00000372. The number of carboxylic acids is 1. The summed E-state index contributed by atoms with van der Waals surface area (Å²) in [4.78, 5) is 41.5. The summed E-state index contributed by atoms with van der Waals surface area (Å²) in [5.41, 5.74) is 3.41. The van der Waals surface area contributed by atoms with Gasteiger partial charge in [0.1, 0.15) is 29.3 Å². The number of nitrogens with one attached hydrogen (secondary N) is 3. The van der Waals surface area contributed by atoms with Gasteiger partial charge in [0.15, 0.2) is 0 Å². The monoisotopic (exact) mass is 633 g/mol. The molecule has 11 nitrogen and oxygen atoms in total. The zero-order valence-electron chi connectivity index (χ0n) is 26.6. The second-order valence-corrected chi connectivity index (χ2v) is 14.5. The largest absolute Gasteiger partial charge is 0.480 e. The van der Waals surface area contributed by atoms with Gasteiger partial charge in [-0.25, -0.2) is 24.5 Å². The highest BCUT2D eigenvalue weighted by molar-refractivity contribution is 5.80. The minimum Gasteiger partial charge on any atom is -0.480 e. The van der Waals surface area contributed by atoms with Crippen molar-refractivity contribution in [2.24, 2.45) is 23.2 Å². The summed E-state index contributed by atoms with van der Waals surface area (Å²) < 4.78 is 5.69. The van der Waals surface area contributed by atoms with Crippen molar-refractivity contribution in [3.8, 4) is 0 Å². The number of carboxylic acid groups (broad SMARTS) is 1. The van der Waals surface area contributed by atoms with Crippen molar-refractivity contribution in [2.75, 3.05) is 48.3 Å². The van der Waals surface area contributed by atoms with Crippen LogP contribution < -0.4 is 20.9 Å². The van der Waals surface area contributed by atoms with Crippen molar-refractivity contribution in [3.05, 3.63) is 34.8 Å². The number of nitrogens with zero attached hydrogens (tertiary/aromatic N) is 4. The van der Waals surface area contributed by atoms with Gasteiger partial charge in [0, 0.05) is 48.8 Å². The molecular weight excluding hydrogens is 582 g/mol. The van der Waals surface area contributed by atoms with E-state index in [4.69, 9.17) is 14.7 Å². The Morgan fingerprint density at radius 1 is 1.07 bits per heavy atom. The smallest absolute Gasteiger partial charge is 0.407 e. The predicted octanol–water partition coefficient (Wildman–Crippen LogP) is 5.67. The van der Waals surface area contributed by atoms with Gasteiger partial charge in [-0.1, -0.05) is 13.5 Å². The van der Waals surface area contributed by atoms with Crippen molar-refractivity contribution >= 4 is 29.5 Å². The van der Waals surface area contributed by atoms with E-state index in [9.17, 15) is 14.7 Å². The van der Waals surface area contributed by atoms with Crippen LogP contribution in [0, 0.1) is 37.0 Å². The molecule has 4 heterocycles. The molecule has 4 saturated carbocycles. The van der Waals surface area contributed by atoms with Gasteiger partial charge in [-0.3, -0.25) is 0 Å². The molecule has 1 saturated heterocycles. The number of alkyl carbamates (subject to hydrolysis) is 1. The van der Waals surface area contributed by atoms with Crippen LogP contribution in [0.15, 0.2) is 12.1 Å². The molecular formula is C35H51N7O4. The molecule has 2 aromatic rings. The molecule has 2 aromatic heterocycles. The molecule has 8 rings (SSSR count). The minimum absolute atomic E-state index is 0. The molecule has 250 valence electrons. The molecule has 0 unspecified atom stereocenters. The molecule has 6 aliphatic rings. The number of aliphatic carboxylic acids is 1. The molecule has 4 N–H and O–H groups in total. The van der Waals surface area contributed by atoms with E-state index >= 15 is 0 Å². The van der Waals surface area contributed by atoms with E-state index in [0.717, 1.165) is 105 Å². The van der Waals surface area contributed by atoms with Gasteiger partial charge in [0.25, 0.3) is 0 Å². The highest BCUT2D eigenvalue weighted by Crippen LogP contribution is 2.60. The van der Waals surface area contributed by atoms with E-state index in [2.05, 4.69) is 38.0 Å². The number of hydrogen-bond donors (Lipinski definition) is 4. The molecule has 1 amide bonds. The lowest BCUT2D eigenvalue weighted by molar-refractivity contribution is -0.139. The zero-order chi connectivity index (χ0) is 31.1. The number of aryl methyl sites for hydroxylation is 2. The SMILES string of the molecule is C.Cc1nc(NC[C@H](NC(=O)OCC23CC4CC(CC(C4)C2)C3)C(=O)O)c(C)c(N2CCC(c3ccc4c(n3)NCCC4)CC2)n1. The Morgan fingerprint density at radius 2 is 1.76 bits per heavy atom. The summed E-state index contributed by atoms with van der Waals surface area (Å²) in [6.07, 6.45) is 10.9. The number of amides is 1. The maximum Gasteiger partial charge on any atom is 0.407 e. The fourth-order valence-electron chi connectivity index (χ4n) is 9.32. The van der Waals surface area contributed by atoms with E-state index in [1.54, 1.807) is 0 Å². The van der Waals surface area contributed by atoms with Gasteiger partial charge in [-0.15, -0.1) is 0 Å². The number of piperidine rings is 1. The average molecular weight is 634 g/mol. The van der Waals surface area contributed by atoms with Gasteiger partial charge in [-0.05, 0) is 107 Å². The van der Waals surface area contributed by atoms with Gasteiger partial charge < -0.3 is 30.7 Å². The third-order valence-corrected chi connectivity index (χ3v) is 11.1. The van der Waals surface area contributed by atoms with Gasteiger partial charge >= 0.3 is 12.1 Å². The van der Waals surface area contributed by atoms with Crippen LogP contribution in [-0.4, -0.2) is 70.9 Å². The van der Waals surface area contributed by atoms with Crippen LogP contribution >= 0.6 is 0 Å². The molecule has 0 radical (unpaired) electrons. The zero-order valence-corrected chi connectivity index (χ0v) is 26.6. The van der Waals surface area contributed by atoms with Crippen molar-refractivity contribution in [1.82, 2.24) is 20.3 Å². The molecule has 11 heteroatoms. The minimum atomic E-state index is -1.15. The van der Waals surface area contributed by atoms with E-state index in [1.807, 2.05) is 13.8 Å². The molecule has 0 aromatic carbocycles. The Bertz CT molecular complexity index is 1400. The normalized spacial score (nSPS) is 27.2. The molecule has 0 spiro atoms. The average Bonchev–Trinajstić information content (AvgIpc) is 3.02. The van der Waals surface area contributed by atoms with Crippen LogP contribution in [0.25, 0.3) is 0 Å². The summed E-state index contributed by atoms with van der Waals surface area (Å²) in [5.74, 6) is 4.67. The summed E-state index contributed by atoms with van der Waals surface area (Å²) in [6.45, 7) is 6.86. The summed E-state index contributed by atoms with van der Waals surface area (Å²) in [7, 11) is 0. The fraction of sp³-hybridized carbons (Fsp3) is 0.686. The second kappa shape index (κ2) is 13.2. The lowest BCUT2D eigenvalue weighted by Gasteiger charge is -2.56. The number of aromatic nitrogens is 3. The predicted molar refractivity (Wildman–Crippen MR) is 178 cm³/mol. The van der Waals surface area contributed by atoms with E-state index in [-0.39, 0.29) is 19.4 Å². The Hall–Kier alpha value is -3.63. The summed E-state index contributed by atoms with van der Waals surface area (Å²) in [6, 6.07) is 3.27. The first-order valence-corrected chi connectivity index (χ1v) is 17.0. The van der Waals surface area contributed by atoms with Crippen molar-refractivity contribution in [2.45, 2.75) is 97.4 Å². The van der Waals surface area contributed by atoms with Crippen LogP contribution in [0.5, 0.6) is 0 Å². The summed E-state index contributed by atoms with van der Waals surface area (Å²) >= 11 is 0. The van der Waals surface area contributed by atoms with Crippen LogP contribution in [0.2, 0.25) is 0 Å². The van der Waals surface area contributed by atoms with Crippen LogP contribution in [0.1, 0.15) is 93.8 Å². The quantitative estimate of drug-likeness (QED) is 0.273. The van der Waals surface area contributed by atoms with E-state index in [0.29, 0.717) is 24.2 Å². The lowest BCUT2D eigenvalue weighted by Crippen LogP contribution is -2.50. The number of carbonyl (C=O) groups excluding carboxylic acids is 1. The maximum atomic E-state index is 12.8. The topological polar surface area (TPSA) is 142 Å². The molecule has 4 bridgehead atoms. The number of fused-ring (bicyclic) bond motifs is 1. The highest BCUT2D eigenvalue weighted by Gasteiger charge is 2.51. The Labute approximate surface area is 272 Å². The number of carbonyl (C=O) groups is 2. The number of pyridine rings is 1. The second-order valence-electron chi connectivity index (χ2n) is 14.5. The van der Waals surface area contributed by atoms with Crippen molar-refractivity contribution in [3.63, 3.8) is 0 Å². The first-order valence-electron chi connectivity index (χ1n) is 17.0. The summed E-state index contributed by atoms with van der Waals surface area (Å²) in [5, 5.41) is 19.1. The lowest BCUT2D eigenvalue weighted by atomic mass is 9.50. The van der Waals surface area contributed by atoms with Crippen LogP contribution in [0.4, 0.5) is 22.2 Å². The van der Waals surface area contributed by atoms with Crippen LogP contribution in [-0.2, 0) is 16.0 Å². The van der Waals surface area contributed by atoms with E-state index in [1.165, 1.54) is 24.8 Å². The first kappa shape index (κ1) is 32.3. The number of rotatable bonds is 9. The maximum absolute atomic E-state index is 12.8. The van der Waals surface area contributed by atoms with Gasteiger partial charge in [0.05, 0.1) is 6.61 Å². The Kier molecular flexibility index (Phi) is 9.30. The molecule has 2 aliphatic heterocycles. The number of hydrogen-bond acceptors (Lipinski definition) is 9. The van der Waals surface area contributed by atoms with E-state index < -0.39 is 18.1 Å². The third-order valence-electron chi connectivity index (χ3n) is 11.1. The van der Waals surface area contributed by atoms with Crippen molar-refractivity contribution < 1.29 is 19.4 Å². The number of anilines is 3. The number of ether oxygens (including phenoxy) is 1. The van der Waals surface area contributed by atoms with Crippen LogP contribution in [0.3, 0.4) is 0 Å². The van der Waals surface area contributed by atoms with Gasteiger partial charge in [-0.2, -0.15) is 0 Å². The molecule has 46 heavy (non-hydrogen) atoms. The fourth-order valence-corrected chi connectivity index (χ4v) is 9.32. The first-order chi connectivity index (χ1) is 21.7. The molecule has 5 fully saturated rings.